The van der Waals surface area contributed by atoms with E-state index in [1.165, 1.54) is 29.2 Å². The van der Waals surface area contributed by atoms with Crippen molar-refractivity contribution in [2.45, 2.75) is 4.90 Å². The predicted octanol–water partition coefficient (Wildman–Crippen LogP) is 0.931. The van der Waals surface area contributed by atoms with Gasteiger partial charge in [0, 0.05) is 13.1 Å². The Hall–Kier alpha value is -1.48. The first-order valence-electron chi connectivity index (χ1n) is 5.98. The highest BCUT2D eigenvalue weighted by atomic mass is 35.5. The summed E-state index contributed by atoms with van der Waals surface area (Å²) < 4.78 is 41.1. The van der Waals surface area contributed by atoms with Crippen LogP contribution in [0.2, 0.25) is 0 Å². The number of rotatable bonds is 6. The van der Waals surface area contributed by atoms with Gasteiger partial charge in [0.05, 0.1) is 12.4 Å². The lowest BCUT2D eigenvalue weighted by Crippen LogP contribution is -2.30. The lowest BCUT2D eigenvalue weighted by molar-refractivity contribution is 0.579. The highest BCUT2D eigenvalue weighted by Gasteiger charge is 2.16. The van der Waals surface area contributed by atoms with Gasteiger partial charge in [-0.15, -0.1) is 12.4 Å². The Morgan fingerprint density at radius 1 is 1.29 bits per heavy atom. The lowest BCUT2D eigenvalue weighted by atomic mass is 10.3. The highest BCUT2D eigenvalue weighted by molar-refractivity contribution is 7.89. The van der Waals surface area contributed by atoms with Crippen LogP contribution in [0.4, 0.5) is 4.39 Å². The fourth-order valence-corrected chi connectivity index (χ4v) is 2.57. The third-order valence-corrected chi connectivity index (χ3v) is 4.05. The van der Waals surface area contributed by atoms with E-state index in [0.717, 1.165) is 0 Å². The Labute approximate surface area is 128 Å². The van der Waals surface area contributed by atoms with Crippen molar-refractivity contribution < 1.29 is 12.8 Å². The third kappa shape index (κ3) is 4.24. The Bertz CT molecular complexity index is 690. The first kappa shape index (κ1) is 17.6. The average molecular weight is 335 g/mol. The van der Waals surface area contributed by atoms with Crippen molar-refractivity contribution in [3.05, 3.63) is 42.5 Å². The van der Waals surface area contributed by atoms with Crippen LogP contribution in [0.5, 0.6) is 0 Å². The summed E-state index contributed by atoms with van der Waals surface area (Å²) in [5, 5.41) is 6.72. The van der Waals surface area contributed by atoms with E-state index in [2.05, 4.69) is 15.1 Å². The molecule has 1 aromatic carbocycles. The molecule has 0 unspecified atom stereocenters. The van der Waals surface area contributed by atoms with Crippen molar-refractivity contribution in [2.75, 3.05) is 20.1 Å². The molecular formula is C12H16ClFN4O2S. The molecule has 0 aliphatic heterocycles. The van der Waals surface area contributed by atoms with Crippen LogP contribution in [0, 0.1) is 5.82 Å². The number of hydrogen-bond acceptors (Lipinski definition) is 4. The molecule has 0 spiro atoms. The largest absolute Gasteiger partial charge is 0.318 e. The van der Waals surface area contributed by atoms with Gasteiger partial charge in [0.1, 0.15) is 16.4 Å². The zero-order chi connectivity index (χ0) is 14.6. The van der Waals surface area contributed by atoms with Gasteiger partial charge < -0.3 is 5.32 Å². The maximum atomic E-state index is 13.6. The van der Waals surface area contributed by atoms with E-state index in [1.54, 1.807) is 19.2 Å². The summed E-state index contributed by atoms with van der Waals surface area (Å²) in [6.45, 7) is 0.782. The van der Waals surface area contributed by atoms with Crippen LogP contribution >= 0.6 is 12.4 Å². The summed E-state index contributed by atoms with van der Waals surface area (Å²) >= 11 is 0. The van der Waals surface area contributed by atoms with E-state index in [0.29, 0.717) is 6.54 Å². The lowest BCUT2D eigenvalue weighted by Gasteiger charge is -2.04. The van der Waals surface area contributed by atoms with Crippen LogP contribution in [-0.2, 0) is 10.0 Å². The molecule has 1 heterocycles. The molecule has 0 atom stereocenters. The smallest absolute Gasteiger partial charge is 0.243 e. The van der Waals surface area contributed by atoms with E-state index in [9.17, 15) is 12.8 Å². The Balaban J connectivity index is 0.00000220. The van der Waals surface area contributed by atoms with Gasteiger partial charge >= 0.3 is 0 Å². The SMILES string of the molecule is CNCCNS(=O)(=O)c1cnn(-c2ccccc2F)c1.Cl. The molecule has 0 bridgehead atoms. The first-order chi connectivity index (χ1) is 9.54. The molecule has 0 saturated carbocycles. The van der Waals surface area contributed by atoms with E-state index in [1.807, 2.05) is 0 Å². The Kier molecular flexibility index (Phi) is 6.28. The summed E-state index contributed by atoms with van der Waals surface area (Å²) in [4.78, 5) is -0.00291. The monoisotopic (exact) mass is 334 g/mol. The molecule has 116 valence electrons. The van der Waals surface area contributed by atoms with E-state index >= 15 is 0 Å². The summed E-state index contributed by atoms with van der Waals surface area (Å²) in [7, 11) is -1.90. The molecule has 2 N–H and O–H groups in total. The summed E-state index contributed by atoms with van der Waals surface area (Å²) in [6, 6.07) is 6.02. The fourth-order valence-electron chi connectivity index (χ4n) is 1.61. The standard InChI is InChI=1S/C12H15FN4O2S.ClH/c1-14-6-7-16-20(18,19)10-8-15-17(9-10)12-5-3-2-4-11(12)13;/h2-5,8-9,14,16H,6-7H2,1H3;1H. The predicted molar refractivity (Wildman–Crippen MR) is 79.9 cm³/mol. The molecule has 0 amide bonds. The number of hydrogen-bond donors (Lipinski definition) is 2. The van der Waals surface area contributed by atoms with Crippen molar-refractivity contribution in [3.8, 4) is 5.69 Å². The molecule has 21 heavy (non-hydrogen) atoms. The van der Waals surface area contributed by atoms with Crippen LogP contribution in [-0.4, -0.2) is 38.3 Å². The van der Waals surface area contributed by atoms with Gasteiger partial charge in [-0.25, -0.2) is 22.2 Å². The minimum atomic E-state index is -3.63. The molecule has 0 saturated heterocycles. The van der Waals surface area contributed by atoms with Crippen LogP contribution in [0.15, 0.2) is 41.6 Å². The number of aromatic nitrogens is 2. The van der Waals surface area contributed by atoms with Crippen LogP contribution in [0.1, 0.15) is 0 Å². The molecule has 9 heteroatoms. The molecule has 0 aliphatic carbocycles. The zero-order valence-electron chi connectivity index (χ0n) is 11.3. The topological polar surface area (TPSA) is 76.0 Å². The fraction of sp³-hybridized carbons (Fsp3) is 0.250. The molecule has 0 radical (unpaired) electrons. The molecule has 0 fully saturated rings. The van der Waals surface area contributed by atoms with Crippen molar-refractivity contribution in [1.82, 2.24) is 19.8 Å². The maximum Gasteiger partial charge on any atom is 0.243 e. The quantitative estimate of drug-likeness (QED) is 0.771. The number of halogens is 2. The molecule has 0 aliphatic rings. The van der Waals surface area contributed by atoms with Crippen LogP contribution in [0.25, 0.3) is 5.69 Å². The van der Waals surface area contributed by atoms with Gasteiger partial charge in [-0.3, -0.25) is 0 Å². The van der Waals surface area contributed by atoms with Gasteiger partial charge in [0.25, 0.3) is 0 Å². The first-order valence-corrected chi connectivity index (χ1v) is 7.47. The van der Waals surface area contributed by atoms with Gasteiger partial charge in [0.2, 0.25) is 10.0 Å². The van der Waals surface area contributed by atoms with Crippen molar-refractivity contribution >= 4 is 22.4 Å². The number of nitrogens with zero attached hydrogens (tertiary/aromatic N) is 2. The number of benzene rings is 1. The van der Waals surface area contributed by atoms with Crippen molar-refractivity contribution in [2.24, 2.45) is 0 Å². The van der Waals surface area contributed by atoms with Crippen LogP contribution in [0.3, 0.4) is 0 Å². The summed E-state index contributed by atoms with van der Waals surface area (Å²) in [6.07, 6.45) is 2.47. The molecule has 6 nitrogen and oxygen atoms in total. The summed E-state index contributed by atoms with van der Waals surface area (Å²) in [5.74, 6) is -0.470. The van der Waals surface area contributed by atoms with Crippen molar-refractivity contribution in [1.29, 1.82) is 0 Å². The van der Waals surface area contributed by atoms with Gasteiger partial charge in [-0.1, -0.05) is 12.1 Å². The number of para-hydroxylation sites is 1. The van der Waals surface area contributed by atoms with E-state index < -0.39 is 15.8 Å². The normalized spacial score (nSPS) is 11.1. The number of likely N-dealkylation sites (N-methyl/N-ethyl adjacent to an activating group) is 1. The van der Waals surface area contributed by atoms with Gasteiger partial charge in [-0.2, -0.15) is 5.10 Å². The molecule has 1 aromatic heterocycles. The van der Waals surface area contributed by atoms with Crippen molar-refractivity contribution in [3.63, 3.8) is 0 Å². The highest BCUT2D eigenvalue weighted by Crippen LogP contribution is 2.14. The van der Waals surface area contributed by atoms with E-state index in [4.69, 9.17) is 0 Å². The Morgan fingerprint density at radius 3 is 2.67 bits per heavy atom. The third-order valence-electron chi connectivity index (χ3n) is 2.64. The molecule has 2 rings (SSSR count). The average Bonchev–Trinajstić information content (AvgIpc) is 2.90. The molecular weight excluding hydrogens is 319 g/mol. The second kappa shape index (κ2) is 7.51. The second-order valence-corrected chi connectivity index (χ2v) is 5.84. The second-order valence-electron chi connectivity index (χ2n) is 4.07. The van der Waals surface area contributed by atoms with E-state index in [-0.39, 0.29) is 29.5 Å². The minimum absolute atomic E-state index is 0. The molecule has 2 aromatic rings. The summed E-state index contributed by atoms with van der Waals surface area (Å²) in [5.41, 5.74) is 0.198. The Morgan fingerprint density at radius 2 is 2.00 bits per heavy atom. The number of sulfonamides is 1. The van der Waals surface area contributed by atoms with Gasteiger partial charge in [-0.05, 0) is 19.2 Å². The van der Waals surface area contributed by atoms with Gasteiger partial charge in [0.15, 0.2) is 0 Å². The number of nitrogens with one attached hydrogen (secondary N) is 2. The maximum absolute atomic E-state index is 13.6. The van der Waals surface area contributed by atoms with Crippen LogP contribution < -0.4 is 10.0 Å². The zero-order valence-corrected chi connectivity index (χ0v) is 12.9. The minimum Gasteiger partial charge on any atom is -0.318 e.